The molecule has 3 aromatic rings. The fourth-order valence-corrected chi connectivity index (χ4v) is 3.45. The molecule has 6 nitrogen and oxygen atoms in total. The molecule has 1 N–H and O–H groups in total. The van der Waals surface area contributed by atoms with E-state index in [2.05, 4.69) is 10.2 Å². The standard InChI is InChI=1S/C20H20N4O2/c1-13-6-5-9-23-19(26)11-15(21-20(13)23)12-24-14(2)10-18(25)22-16-7-3-4-8-17(16)24/h3-9,11,14H,10,12H2,1-2H3,(H,22,25)/t14-/m0/s1. The second kappa shape index (κ2) is 6.29. The van der Waals surface area contributed by atoms with Crippen molar-refractivity contribution in [1.29, 1.82) is 0 Å². The minimum Gasteiger partial charge on any atom is -0.361 e. The van der Waals surface area contributed by atoms with Gasteiger partial charge in [0.2, 0.25) is 5.91 Å². The molecular formula is C20H20N4O2. The average Bonchev–Trinajstić information content (AvgIpc) is 2.72. The number of hydrogen-bond acceptors (Lipinski definition) is 4. The minimum atomic E-state index is -0.0985. The second-order valence-electron chi connectivity index (χ2n) is 6.72. The minimum absolute atomic E-state index is 0.00391. The Morgan fingerprint density at radius 1 is 1.19 bits per heavy atom. The van der Waals surface area contributed by atoms with Crippen LogP contribution in [0.4, 0.5) is 11.4 Å². The predicted octanol–water partition coefficient (Wildman–Crippen LogP) is 2.74. The van der Waals surface area contributed by atoms with Crippen LogP contribution < -0.4 is 15.8 Å². The molecule has 0 saturated heterocycles. The first-order valence-corrected chi connectivity index (χ1v) is 8.66. The van der Waals surface area contributed by atoms with Crippen molar-refractivity contribution >= 4 is 22.9 Å². The molecule has 26 heavy (non-hydrogen) atoms. The van der Waals surface area contributed by atoms with Gasteiger partial charge in [-0.05, 0) is 37.6 Å². The van der Waals surface area contributed by atoms with Crippen molar-refractivity contribution in [2.75, 3.05) is 10.2 Å². The van der Waals surface area contributed by atoms with Crippen LogP contribution in [0.2, 0.25) is 0 Å². The average molecular weight is 348 g/mol. The Hall–Kier alpha value is -3.15. The maximum atomic E-state index is 12.5. The lowest BCUT2D eigenvalue weighted by Crippen LogP contribution is -2.34. The van der Waals surface area contributed by atoms with E-state index in [0.29, 0.717) is 24.3 Å². The molecule has 2 aromatic heterocycles. The number of amides is 1. The van der Waals surface area contributed by atoms with Crippen LogP contribution in [-0.4, -0.2) is 21.3 Å². The van der Waals surface area contributed by atoms with Crippen molar-refractivity contribution in [2.45, 2.75) is 32.9 Å². The molecule has 0 saturated carbocycles. The van der Waals surface area contributed by atoms with E-state index in [1.165, 1.54) is 0 Å². The largest absolute Gasteiger partial charge is 0.361 e. The van der Waals surface area contributed by atoms with Gasteiger partial charge in [-0.2, -0.15) is 0 Å². The molecule has 0 fully saturated rings. The molecule has 4 rings (SSSR count). The number of para-hydroxylation sites is 2. The lowest BCUT2D eigenvalue weighted by Gasteiger charge is -2.29. The maximum absolute atomic E-state index is 12.5. The van der Waals surface area contributed by atoms with Gasteiger partial charge in [-0.1, -0.05) is 18.2 Å². The van der Waals surface area contributed by atoms with Crippen molar-refractivity contribution in [2.24, 2.45) is 0 Å². The number of anilines is 2. The van der Waals surface area contributed by atoms with Crippen molar-refractivity contribution < 1.29 is 4.79 Å². The van der Waals surface area contributed by atoms with Gasteiger partial charge < -0.3 is 10.2 Å². The SMILES string of the molecule is Cc1cccn2c(=O)cc(CN3c4ccccc4NC(=O)C[C@@H]3C)nc12. The number of benzene rings is 1. The molecule has 0 radical (unpaired) electrons. The predicted molar refractivity (Wildman–Crippen MR) is 102 cm³/mol. The van der Waals surface area contributed by atoms with Crippen LogP contribution in [0.15, 0.2) is 53.5 Å². The molecule has 0 bridgehead atoms. The molecular weight excluding hydrogens is 328 g/mol. The van der Waals surface area contributed by atoms with Gasteiger partial charge in [0.1, 0.15) is 5.65 Å². The van der Waals surface area contributed by atoms with Crippen LogP contribution in [0.5, 0.6) is 0 Å². The van der Waals surface area contributed by atoms with Crippen molar-refractivity contribution in [3.63, 3.8) is 0 Å². The maximum Gasteiger partial charge on any atom is 0.258 e. The summed E-state index contributed by atoms with van der Waals surface area (Å²) in [6.07, 6.45) is 2.12. The monoisotopic (exact) mass is 348 g/mol. The van der Waals surface area contributed by atoms with E-state index < -0.39 is 0 Å². The van der Waals surface area contributed by atoms with Crippen LogP contribution in [-0.2, 0) is 11.3 Å². The second-order valence-corrected chi connectivity index (χ2v) is 6.72. The van der Waals surface area contributed by atoms with Gasteiger partial charge >= 0.3 is 0 Å². The van der Waals surface area contributed by atoms with E-state index in [0.717, 1.165) is 16.9 Å². The fourth-order valence-electron chi connectivity index (χ4n) is 3.45. The summed E-state index contributed by atoms with van der Waals surface area (Å²) >= 11 is 0. The summed E-state index contributed by atoms with van der Waals surface area (Å²) in [6.45, 7) is 4.42. The molecule has 6 heteroatoms. The van der Waals surface area contributed by atoms with E-state index in [9.17, 15) is 9.59 Å². The Labute approximate surface area is 151 Å². The number of carbonyl (C=O) groups excluding carboxylic acids is 1. The molecule has 1 aliphatic rings. The summed E-state index contributed by atoms with van der Waals surface area (Å²) in [5.74, 6) is -0.00478. The zero-order chi connectivity index (χ0) is 18.3. The molecule has 1 atom stereocenters. The van der Waals surface area contributed by atoms with Gasteiger partial charge in [0.25, 0.3) is 5.56 Å². The van der Waals surface area contributed by atoms with Gasteiger partial charge in [-0.25, -0.2) is 4.98 Å². The third-order valence-electron chi connectivity index (χ3n) is 4.77. The number of rotatable bonds is 2. The highest BCUT2D eigenvalue weighted by atomic mass is 16.1. The van der Waals surface area contributed by atoms with Crippen LogP contribution >= 0.6 is 0 Å². The normalized spacial score (nSPS) is 16.9. The van der Waals surface area contributed by atoms with Crippen LogP contribution in [0.3, 0.4) is 0 Å². The summed E-state index contributed by atoms with van der Waals surface area (Å²) in [5.41, 5.74) is 3.94. The Morgan fingerprint density at radius 3 is 2.85 bits per heavy atom. The highest BCUT2D eigenvalue weighted by Gasteiger charge is 2.25. The number of hydrogen-bond donors (Lipinski definition) is 1. The van der Waals surface area contributed by atoms with E-state index in [4.69, 9.17) is 4.98 Å². The summed E-state index contributed by atoms with van der Waals surface area (Å²) in [6, 6.07) is 13.1. The first kappa shape index (κ1) is 16.3. The number of nitrogens with zero attached hydrogens (tertiary/aromatic N) is 3. The third kappa shape index (κ3) is 2.83. The Balaban J connectivity index is 1.79. The van der Waals surface area contributed by atoms with Gasteiger partial charge in [0.05, 0.1) is 23.6 Å². The molecule has 0 aliphatic carbocycles. The Bertz CT molecular complexity index is 1060. The molecule has 0 spiro atoms. The van der Waals surface area contributed by atoms with E-state index >= 15 is 0 Å². The number of fused-ring (bicyclic) bond motifs is 2. The molecule has 1 amide bonds. The van der Waals surface area contributed by atoms with E-state index in [-0.39, 0.29) is 17.5 Å². The highest BCUT2D eigenvalue weighted by Crippen LogP contribution is 2.32. The first-order chi connectivity index (χ1) is 12.5. The van der Waals surface area contributed by atoms with Gasteiger partial charge in [-0.3, -0.25) is 14.0 Å². The lowest BCUT2D eigenvalue weighted by molar-refractivity contribution is -0.116. The zero-order valence-electron chi connectivity index (χ0n) is 14.8. The van der Waals surface area contributed by atoms with Crippen LogP contribution in [0, 0.1) is 6.92 Å². The quantitative estimate of drug-likeness (QED) is 0.773. The number of aryl methyl sites for hydroxylation is 1. The summed E-state index contributed by atoms with van der Waals surface area (Å²) < 4.78 is 1.56. The van der Waals surface area contributed by atoms with Gasteiger partial charge in [0.15, 0.2) is 0 Å². The van der Waals surface area contributed by atoms with Crippen molar-refractivity contribution in [3.8, 4) is 0 Å². The van der Waals surface area contributed by atoms with E-state index in [1.807, 2.05) is 50.2 Å². The molecule has 132 valence electrons. The summed E-state index contributed by atoms with van der Waals surface area (Å²) in [5, 5.41) is 2.95. The highest BCUT2D eigenvalue weighted by molar-refractivity contribution is 5.96. The fraction of sp³-hybridized carbons (Fsp3) is 0.250. The summed E-state index contributed by atoms with van der Waals surface area (Å²) in [7, 11) is 0. The number of carbonyl (C=O) groups is 1. The van der Waals surface area contributed by atoms with Crippen molar-refractivity contribution in [1.82, 2.24) is 9.38 Å². The lowest BCUT2D eigenvalue weighted by atomic mass is 10.1. The van der Waals surface area contributed by atoms with Gasteiger partial charge in [0, 0.05) is 24.7 Å². The van der Waals surface area contributed by atoms with Gasteiger partial charge in [-0.15, -0.1) is 0 Å². The molecule has 3 heterocycles. The van der Waals surface area contributed by atoms with Crippen molar-refractivity contribution in [3.05, 3.63) is 70.3 Å². The third-order valence-corrected chi connectivity index (χ3v) is 4.77. The number of aromatic nitrogens is 2. The van der Waals surface area contributed by atoms with E-state index in [1.54, 1.807) is 16.7 Å². The number of pyridine rings is 1. The molecule has 1 aromatic carbocycles. The molecule has 1 aliphatic heterocycles. The van der Waals surface area contributed by atoms with Crippen LogP contribution in [0.1, 0.15) is 24.6 Å². The summed E-state index contributed by atoms with van der Waals surface area (Å²) in [4.78, 5) is 31.4. The number of nitrogens with one attached hydrogen (secondary N) is 1. The smallest absolute Gasteiger partial charge is 0.258 e. The first-order valence-electron chi connectivity index (χ1n) is 8.66. The van der Waals surface area contributed by atoms with Crippen LogP contribution in [0.25, 0.3) is 5.65 Å². The Morgan fingerprint density at radius 2 is 2.00 bits per heavy atom. The topological polar surface area (TPSA) is 66.7 Å². The molecule has 0 unspecified atom stereocenters. The zero-order valence-corrected chi connectivity index (χ0v) is 14.8. The Kier molecular flexibility index (Phi) is 3.95.